The number of rotatable bonds is 2. The molecule has 0 aliphatic rings. The highest BCUT2D eigenvalue weighted by Gasteiger charge is 2.37. The second kappa shape index (κ2) is 3.76. The van der Waals surface area contributed by atoms with E-state index in [2.05, 4.69) is 49.8 Å². The molecule has 0 saturated carbocycles. The Hall–Kier alpha value is 0.237. The number of hydrogen-bond donors (Lipinski definition) is 0. The molecule has 3 heteroatoms. The van der Waals surface area contributed by atoms with E-state index in [1.165, 1.54) is 0 Å². The lowest BCUT2D eigenvalue weighted by molar-refractivity contribution is 0.431. The fraction of sp³-hybridized carbons (Fsp3) is 0.750. The van der Waals surface area contributed by atoms with Crippen molar-refractivity contribution >= 4 is 24.2 Å². The minimum Gasteiger partial charge on any atom is -0.548 e. The molecular formula is C8H17BrOSi. The first kappa shape index (κ1) is 11.2. The van der Waals surface area contributed by atoms with Gasteiger partial charge in [-0.05, 0) is 18.1 Å². The minimum absolute atomic E-state index is 0.291. The van der Waals surface area contributed by atoms with Gasteiger partial charge in [0.25, 0.3) is 0 Å². The second-order valence-electron chi connectivity index (χ2n) is 4.14. The Balaban J connectivity index is 4.22. The summed E-state index contributed by atoms with van der Waals surface area (Å²) in [5.41, 5.74) is 0. The van der Waals surface area contributed by atoms with E-state index in [1.807, 2.05) is 0 Å². The van der Waals surface area contributed by atoms with Gasteiger partial charge in [0.1, 0.15) is 0 Å². The largest absolute Gasteiger partial charge is 0.548 e. The Bertz CT molecular complexity index is 147. The molecule has 0 aliphatic heterocycles. The molecule has 0 unspecified atom stereocenters. The zero-order valence-electron chi connectivity index (χ0n) is 7.94. The molecule has 0 atom stereocenters. The Kier molecular flexibility index (Phi) is 3.84. The molecule has 0 radical (unpaired) electrons. The van der Waals surface area contributed by atoms with Gasteiger partial charge in [0.2, 0.25) is 8.32 Å². The Morgan fingerprint density at radius 2 is 1.73 bits per heavy atom. The van der Waals surface area contributed by atoms with Crippen LogP contribution in [0.3, 0.4) is 0 Å². The molecule has 0 aliphatic carbocycles. The summed E-state index contributed by atoms with van der Waals surface area (Å²) in [7, 11) is -1.54. The lowest BCUT2D eigenvalue weighted by Crippen LogP contribution is -2.38. The van der Waals surface area contributed by atoms with Crippen LogP contribution in [0.2, 0.25) is 18.1 Å². The van der Waals surface area contributed by atoms with E-state index in [0.717, 1.165) is 0 Å². The summed E-state index contributed by atoms with van der Waals surface area (Å²) < 4.78 is 5.65. The van der Waals surface area contributed by atoms with Gasteiger partial charge in [0.05, 0.1) is 6.26 Å². The molecule has 0 aromatic rings. The summed E-state index contributed by atoms with van der Waals surface area (Å²) in [6.07, 6.45) is 1.73. The molecule has 0 amide bonds. The maximum Gasteiger partial charge on any atom is 0.249 e. The third-order valence-corrected chi connectivity index (χ3v) is 6.77. The Morgan fingerprint density at radius 3 is 2.00 bits per heavy atom. The fourth-order valence-corrected chi connectivity index (χ4v) is 1.44. The van der Waals surface area contributed by atoms with E-state index >= 15 is 0 Å². The monoisotopic (exact) mass is 236 g/mol. The van der Waals surface area contributed by atoms with Crippen LogP contribution in [-0.4, -0.2) is 8.32 Å². The van der Waals surface area contributed by atoms with Crippen molar-refractivity contribution < 1.29 is 4.43 Å². The minimum atomic E-state index is -1.54. The quantitative estimate of drug-likeness (QED) is 0.523. The van der Waals surface area contributed by atoms with Crippen molar-refractivity contribution in [2.24, 2.45) is 0 Å². The van der Waals surface area contributed by atoms with Crippen molar-refractivity contribution in [3.8, 4) is 0 Å². The summed E-state index contributed by atoms with van der Waals surface area (Å²) in [4.78, 5) is 1.76. The summed E-state index contributed by atoms with van der Waals surface area (Å²) >= 11 is 3.19. The molecule has 1 nitrogen and oxygen atoms in total. The normalized spacial score (nSPS) is 14.0. The number of hydrogen-bond acceptors (Lipinski definition) is 1. The van der Waals surface area contributed by atoms with Crippen LogP contribution in [0.1, 0.15) is 20.8 Å². The van der Waals surface area contributed by atoms with Gasteiger partial charge in [-0.15, -0.1) is 0 Å². The zero-order chi connectivity index (χ0) is 9.12. The molecule has 11 heavy (non-hydrogen) atoms. The van der Waals surface area contributed by atoms with E-state index < -0.39 is 8.32 Å². The van der Waals surface area contributed by atoms with Crippen molar-refractivity contribution in [3.05, 3.63) is 11.2 Å². The van der Waals surface area contributed by atoms with E-state index in [9.17, 15) is 0 Å². The van der Waals surface area contributed by atoms with Crippen molar-refractivity contribution in [2.45, 2.75) is 38.9 Å². The summed E-state index contributed by atoms with van der Waals surface area (Å²) in [5.74, 6) is 0. The van der Waals surface area contributed by atoms with Crippen molar-refractivity contribution in [2.75, 3.05) is 0 Å². The van der Waals surface area contributed by atoms with E-state index in [0.29, 0.717) is 5.04 Å². The van der Waals surface area contributed by atoms with Crippen LogP contribution in [0.4, 0.5) is 0 Å². The van der Waals surface area contributed by atoms with Crippen LogP contribution < -0.4 is 0 Å². The van der Waals surface area contributed by atoms with Crippen LogP contribution in [0.5, 0.6) is 0 Å². The molecule has 0 spiro atoms. The van der Waals surface area contributed by atoms with Gasteiger partial charge in [-0.3, -0.25) is 0 Å². The van der Waals surface area contributed by atoms with Crippen molar-refractivity contribution in [1.29, 1.82) is 0 Å². The van der Waals surface area contributed by atoms with Crippen molar-refractivity contribution in [1.82, 2.24) is 0 Å². The second-order valence-corrected chi connectivity index (χ2v) is 9.43. The van der Waals surface area contributed by atoms with Crippen LogP contribution in [0, 0.1) is 0 Å². The van der Waals surface area contributed by atoms with Crippen molar-refractivity contribution in [3.63, 3.8) is 0 Å². The highest BCUT2D eigenvalue weighted by Crippen LogP contribution is 2.36. The highest BCUT2D eigenvalue weighted by molar-refractivity contribution is 9.11. The van der Waals surface area contributed by atoms with Crippen LogP contribution in [-0.2, 0) is 4.43 Å². The Morgan fingerprint density at radius 1 is 1.27 bits per heavy atom. The molecule has 0 heterocycles. The van der Waals surface area contributed by atoms with Crippen LogP contribution in [0.25, 0.3) is 0 Å². The van der Waals surface area contributed by atoms with E-state index in [-0.39, 0.29) is 0 Å². The average Bonchev–Trinajstić information content (AvgIpc) is 1.81. The molecular weight excluding hydrogens is 220 g/mol. The third kappa shape index (κ3) is 3.43. The molecule has 0 aromatic carbocycles. The first-order valence-corrected chi connectivity index (χ1v) is 7.57. The summed E-state index contributed by atoms with van der Waals surface area (Å²) in [6, 6.07) is 0. The van der Waals surface area contributed by atoms with Crippen LogP contribution >= 0.6 is 15.9 Å². The topological polar surface area (TPSA) is 9.23 Å². The SMILES string of the molecule is CC(C)(C)[Si](C)(C)O/C=C\Br. The number of halogens is 1. The molecule has 0 aromatic heterocycles. The van der Waals surface area contributed by atoms with E-state index in [1.54, 1.807) is 11.2 Å². The standard InChI is InChI=1S/C8H17BrOSi/c1-8(2,3)11(4,5)10-7-6-9/h6-7H,1-5H3/b7-6-. The summed E-state index contributed by atoms with van der Waals surface area (Å²) in [6.45, 7) is 11.1. The highest BCUT2D eigenvalue weighted by atomic mass is 79.9. The molecule has 0 N–H and O–H groups in total. The molecule has 0 bridgehead atoms. The van der Waals surface area contributed by atoms with E-state index in [4.69, 9.17) is 4.43 Å². The fourth-order valence-electron chi connectivity index (χ4n) is 0.373. The maximum atomic E-state index is 5.65. The lowest BCUT2D eigenvalue weighted by atomic mass is 10.2. The van der Waals surface area contributed by atoms with Gasteiger partial charge >= 0.3 is 0 Å². The van der Waals surface area contributed by atoms with Gasteiger partial charge in [0, 0.05) is 4.99 Å². The van der Waals surface area contributed by atoms with Gasteiger partial charge in [-0.25, -0.2) is 0 Å². The first-order valence-electron chi connectivity index (χ1n) is 3.74. The third-order valence-electron chi connectivity index (χ3n) is 2.22. The zero-order valence-corrected chi connectivity index (χ0v) is 10.5. The predicted molar refractivity (Wildman–Crippen MR) is 56.3 cm³/mol. The molecule has 66 valence electrons. The molecule has 0 saturated heterocycles. The van der Waals surface area contributed by atoms with Crippen LogP contribution in [0.15, 0.2) is 11.2 Å². The molecule has 0 fully saturated rings. The molecule has 0 rings (SSSR count). The lowest BCUT2D eigenvalue weighted by Gasteiger charge is -2.34. The van der Waals surface area contributed by atoms with Gasteiger partial charge in [0.15, 0.2) is 0 Å². The Labute approximate surface area is 79.1 Å². The summed E-state index contributed by atoms with van der Waals surface area (Å²) in [5, 5.41) is 0.291. The van der Waals surface area contributed by atoms with Gasteiger partial charge in [-0.2, -0.15) is 0 Å². The predicted octanol–water partition coefficient (Wildman–Crippen LogP) is 3.87. The maximum absolute atomic E-state index is 5.65. The average molecular weight is 237 g/mol. The van der Waals surface area contributed by atoms with Gasteiger partial charge < -0.3 is 4.43 Å². The smallest absolute Gasteiger partial charge is 0.249 e. The van der Waals surface area contributed by atoms with Gasteiger partial charge in [-0.1, -0.05) is 36.7 Å². The first-order chi connectivity index (χ1) is 4.81.